The Hall–Kier alpha value is -6.74. The molecule has 0 amide bonds. The maximum absolute atomic E-state index is 6.56. The van der Waals surface area contributed by atoms with E-state index in [0.717, 1.165) is 16.6 Å². The van der Waals surface area contributed by atoms with Crippen molar-refractivity contribution in [3.63, 3.8) is 0 Å². The molecule has 2 heteroatoms. The van der Waals surface area contributed by atoms with E-state index in [1.54, 1.807) is 0 Å². The van der Waals surface area contributed by atoms with E-state index < -0.39 is 0 Å². The van der Waals surface area contributed by atoms with Gasteiger partial charge in [0.1, 0.15) is 11.2 Å². The standard InChI is InChI=1S/C52H30OS/c1-3-15-35-31(11-1)13-9-20-37(35)33-23-25-42-44(29-33)49(40-18-5-6-19-41(40)50(42)39-21-10-14-32-12-2-4-16-36(32)39)34-24-27-46-45(30-34)51-47(53-46)28-26-43-38-17-7-8-22-48(38)54-52(43)51/h1-30H. The van der Waals surface area contributed by atoms with Crippen molar-refractivity contribution < 1.29 is 4.42 Å². The van der Waals surface area contributed by atoms with Gasteiger partial charge in [-0.15, -0.1) is 11.3 Å². The Balaban J connectivity index is 1.22. The van der Waals surface area contributed by atoms with Crippen LogP contribution in [0.5, 0.6) is 0 Å². The maximum atomic E-state index is 6.56. The van der Waals surface area contributed by atoms with E-state index in [1.165, 1.54) is 102 Å². The van der Waals surface area contributed by atoms with Crippen LogP contribution >= 0.6 is 11.3 Å². The third-order valence-electron chi connectivity index (χ3n) is 11.4. The lowest BCUT2D eigenvalue weighted by molar-refractivity contribution is 0.669. The molecule has 2 heterocycles. The number of furan rings is 1. The Morgan fingerprint density at radius 2 is 0.889 bits per heavy atom. The highest BCUT2D eigenvalue weighted by Gasteiger charge is 2.21. The molecule has 0 aliphatic heterocycles. The second-order valence-electron chi connectivity index (χ2n) is 14.3. The van der Waals surface area contributed by atoms with Crippen LogP contribution in [-0.2, 0) is 0 Å². The summed E-state index contributed by atoms with van der Waals surface area (Å²) in [5.74, 6) is 0. The van der Waals surface area contributed by atoms with Gasteiger partial charge in [-0.05, 0) is 113 Å². The third kappa shape index (κ3) is 4.26. The molecule has 0 radical (unpaired) electrons. The molecule has 0 aliphatic carbocycles. The van der Waals surface area contributed by atoms with Crippen molar-refractivity contribution in [1.29, 1.82) is 0 Å². The first-order valence-electron chi connectivity index (χ1n) is 18.5. The second-order valence-corrected chi connectivity index (χ2v) is 15.4. The SMILES string of the molecule is c1ccc2c(-c3ccc4c(-c5cccc6ccccc56)c5ccccc5c(-c5ccc6oc7ccc8c9ccccc9sc8c7c6c5)c4c3)cccc2c1. The zero-order chi connectivity index (χ0) is 35.3. The molecular formula is C52H30OS. The molecule has 250 valence electrons. The highest BCUT2D eigenvalue weighted by Crippen LogP contribution is 2.48. The summed E-state index contributed by atoms with van der Waals surface area (Å²) < 4.78 is 9.14. The van der Waals surface area contributed by atoms with Crippen molar-refractivity contribution in [2.75, 3.05) is 0 Å². The smallest absolute Gasteiger partial charge is 0.136 e. The number of benzene rings is 10. The quantitative estimate of drug-likeness (QED) is 0.167. The normalized spacial score (nSPS) is 12.1. The van der Waals surface area contributed by atoms with Crippen LogP contribution in [0.3, 0.4) is 0 Å². The van der Waals surface area contributed by atoms with Crippen LogP contribution in [0.1, 0.15) is 0 Å². The minimum Gasteiger partial charge on any atom is -0.456 e. The van der Waals surface area contributed by atoms with Crippen molar-refractivity contribution in [1.82, 2.24) is 0 Å². The molecule has 0 fully saturated rings. The van der Waals surface area contributed by atoms with Gasteiger partial charge in [-0.2, -0.15) is 0 Å². The molecule has 0 saturated carbocycles. The lowest BCUT2D eigenvalue weighted by atomic mass is 9.83. The molecular weight excluding hydrogens is 673 g/mol. The van der Waals surface area contributed by atoms with Crippen molar-refractivity contribution >= 4 is 96.5 Å². The molecule has 0 bridgehead atoms. The molecule has 54 heavy (non-hydrogen) atoms. The third-order valence-corrected chi connectivity index (χ3v) is 12.7. The van der Waals surface area contributed by atoms with Crippen LogP contribution in [-0.4, -0.2) is 0 Å². The zero-order valence-electron chi connectivity index (χ0n) is 29.1. The van der Waals surface area contributed by atoms with Crippen LogP contribution in [0.25, 0.3) is 119 Å². The van der Waals surface area contributed by atoms with Crippen LogP contribution in [0, 0.1) is 0 Å². The Kier molecular flexibility index (Phi) is 6.28. The van der Waals surface area contributed by atoms with Crippen LogP contribution in [0.4, 0.5) is 0 Å². The molecule has 10 aromatic carbocycles. The fourth-order valence-corrected chi connectivity index (χ4v) is 10.3. The minimum absolute atomic E-state index is 0.913. The molecule has 12 aromatic rings. The highest BCUT2D eigenvalue weighted by molar-refractivity contribution is 7.26. The molecule has 0 unspecified atom stereocenters. The van der Waals surface area contributed by atoms with Crippen LogP contribution in [0.2, 0.25) is 0 Å². The van der Waals surface area contributed by atoms with E-state index >= 15 is 0 Å². The molecule has 0 aliphatic rings. The van der Waals surface area contributed by atoms with E-state index in [0.29, 0.717) is 0 Å². The minimum atomic E-state index is 0.913. The Morgan fingerprint density at radius 3 is 1.69 bits per heavy atom. The van der Waals surface area contributed by atoms with Crippen LogP contribution < -0.4 is 0 Å². The van der Waals surface area contributed by atoms with Gasteiger partial charge in [0.15, 0.2) is 0 Å². The van der Waals surface area contributed by atoms with Crippen LogP contribution in [0.15, 0.2) is 186 Å². The first-order chi connectivity index (χ1) is 26.8. The number of thiophene rings is 1. The Labute approximate surface area is 314 Å². The first-order valence-corrected chi connectivity index (χ1v) is 19.3. The fraction of sp³-hybridized carbons (Fsp3) is 0. The van der Waals surface area contributed by atoms with Gasteiger partial charge in [0.2, 0.25) is 0 Å². The van der Waals surface area contributed by atoms with E-state index in [2.05, 4.69) is 182 Å². The lowest BCUT2D eigenvalue weighted by Gasteiger charge is -2.20. The summed E-state index contributed by atoms with van der Waals surface area (Å²) in [5.41, 5.74) is 9.24. The molecule has 12 rings (SSSR count). The van der Waals surface area contributed by atoms with Crippen molar-refractivity contribution in [3.8, 4) is 33.4 Å². The van der Waals surface area contributed by atoms with E-state index in [1.807, 2.05) is 11.3 Å². The largest absolute Gasteiger partial charge is 0.456 e. The van der Waals surface area contributed by atoms with Gasteiger partial charge in [0.05, 0.1) is 0 Å². The van der Waals surface area contributed by atoms with Crippen molar-refractivity contribution in [3.05, 3.63) is 182 Å². The number of rotatable bonds is 3. The first kappa shape index (κ1) is 29.8. The van der Waals surface area contributed by atoms with Gasteiger partial charge in [-0.1, -0.05) is 146 Å². The van der Waals surface area contributed by atoms with E-state index in [9.17, 15) is 0 Å². The summed E-state index contributed by atoms with van der Waals surface area (Å²) in [7, 11) is 0. The maximum Gasteiger partial charge on any atom is 0.136 e. The van der Waals surface area contributed by atoms with Crippen molar-refractivity contribution in [2.45, 2.75) is 0 Å². The highest BCUT2D eigenvalue weighted by atomic mass is 32.1. The van der Waals surface area contributed by atoms with Gasteiger partial charge in [0.25, 0.3) is 0 Å². The van der Waals surface area contributed by atoms with Gasteiger partial charge in [0, 0.05) is 30.9 Å². The van der Waals surface area contributed by atoms with Crippen molar-refractivity contribution in [2.24, 2.45) is 0 Å². The fourth-order valence-electron chi connectivity index (χ4n) is 9.07. The number of hydrogen-bond donors (Lipinski definition) is 0. The molecule has 1 nitrogen and oxygen atoms in total. The summed E-state index contributed by atoms with van der Waals surface area (Å²) in [6.45, 7) is 0. The number of hydrogen-bond acceptors (Lipinski definition) is 2. The predicted molar refractivity (Wildman–Crippen MR) is 233 cm³/mol. The predicted octanol–water partition coefficient (Wildman–Crippen LogP) is 15.6. The monoisotopic (exact) mass is 702 g/mol. The summed E-state index contributed by atoms with van der Waals surface area (Å²) in [6, 6.07) is 66.8. The van der Waals surface area contributed by atoms with E-state index in [4.69, 9.17) is 4.42 Å². The summed E-state index contributed by atoms with van der Waals surface area (Å²) >= 11 is 1.86. The second kappa shape index (κ2) is 11.4. The summed E-state index contributed by atoms with van der Waals surface area (Å²) in [5, 5.41) is 14.9. The van der Waals surface area contributed by atoms with E-state index in [-0.39, 0.29) is 0 Å². The van der Waals surface area contributed by atoms with Gasteiger partial charge in [-0.3, -0.25) is 0 Å². The lowest BCUT2D eigenvalue weighted by Crippen LogP contribution is -1.92. The zero-order valence-corrected chi connectivity index (χ0v) is 30.0. The summed E-state index contributed by atoms with van der Waals surface area (Å²) in [6.07, 6.45) is 0. The average Bonchev–Trinajstić information content (AvgIpc) is 3.80. The topological polar surface area (TPSA) is 13.1 Å². The Bertz CT molecular complexity index is 3500. The molecule has 0 atom stereocenters. The average molecular weight is 703 g/mol. The molecule has 2 aromatic heterocycles. The van der Waals surface area contributed by atoms with Gasteiger partial charge in [-0.25, -0.2) is 0 Å². The molecule has 0 spiro atoms. The van der Waals surface area contributed by atoms with Gasteiger partial charge < -0.3 is 4.42 Å². The Morgan fingerprint density at radius 1 is 0.333 bits per heavy atom. The summed E-state index contributed by atoms with van der Waals surface area (Å²) in [4.78, 5) is 0. The molecule has 0 saturated heterocycles. The molecule has 0 N–H and O–H groups in total. The number of fused-ring (bicyclic) bond motifs is 11. The van der Waals surface area contributed by atoms with Gasteiger partial charge >= 0.3 is 0 Å².